The van der Waals surface area contributed by atoms with E-state index in [4.69, 9.17) is 11.6 Å². The third-order valence-corrected chi connectivity index (χ3v) is 8.50. The van der Waals surface area contributed by atoms with Gasteiger partial charge in [0.05, 0.1) is 5.69 Å². The van der Waals surface area contributed by atoms with E-state index in [1.807, 2.05) is 0 Å². The summed E-state index contributed by atoms with van der Waals surface area (Å²) >= 11 is 6.05. The molecule has 4 atom stereocenters. The van der Waals surface area contributed by atoms with Gasteiger partial charge in [-0.2, -0.15) is 0 Å². The Hall–Kier alpha value is -2.58. The van der Waals surface area contributed by atoms with E-state index in [-0.39, 0.29) is 5.75 Å². The van der Waals surface area contributed by atoms with E-state index < -0.39 is 0 Å². The third kappa shape index (κ3) is 3.36. The van der Waals surface area contributed by atoms with Crippen molar-refractivity contribution in [2.75, 3.05) is 0 Å². The minimum atomic E-state index is 0.189. The number of aromatic hydroxyl groups is 1. The molecule has 3 aromatic rings. The highest BCUT2D eigenvalue weighted by atomic mass is 35.5. The molecule has 0 amide bonds. The van der Waals surface area contributed by atoms with Crippen molar-refractivity contribution in [3.63, 3.8) is 0 Å². The van der Waals surface area contributed by atoms with Gasteiger partial charge in [-0.3, -0.25) is 4.99 Å². The topological polar surface area (TPSA) is 32.6 Å². The molecule has 0 heterocycles. The first-order valence-electron chi connectivity index (χ1n) is 11.7. The monoisotopic (exact) mass is 441 g/mol. The van der Waals surface area contributed by atoms with Crippen LogP contribution in [0.15, 0.2) is 77.8 Å². The van der Waals surface area contributed by atoms with E-state index in [2.05, 4.69) is 59.6 Å². The van der Waals surface area contributed by atoms with Crippen molar-refractivity contribution in [2.45, 2.75) is 49.4 Å². The van der Waals surface area contributed by atoms with Crippen molar-refractivity contribution in [2.24, 2.45) is 16.8 Å². The second-order valence-corrected chi connectivity index (χ2v) is 10.8. The first-order chi connectivity index (χ1) is 15.5. The Balaban J connectivity index is 1.29. The number of aliphatic imine (C=N–C) groups is 1. The number of hydrogen-bond donors (Lipinski definition) is 1. The van der Waals surface area contributed by atoms with E-state index in [0.717, 1.165) is 17.5 Å². The molecule has 4 aliphatic carbocycles. The molecule has 4 aliphatic rings. The lowest BCUT2D eigenvalue weighted by Crippen LogP contribution is -2.55. The smallest absolute Gasteiger partial charge is 0.124 e. The van der Waals surface area contributed by atoms with Crippen LogP contribution in [0.3, 0.4) is 0 Å². The predicted octanol–water partition coefficient (Wildman–Crippen LogP) is 7.59. The summed E-state index contributed by atoms with van der Waals surface area (Å²) in [5.41, 5.74) is 5.22. The van der Waals surface area contributed by atoms with Gasteiger partial charge in [-0.25, -0.2) is 0 Å². The van der Waals surface area contributed by atoms with Crippen LogP contribution in [0.4, 0.5) is 5.69 Å². The highest BCUT2D eigenvalue weighted by Crippen LogP contribution is 2.66. The maximum Gasteiger partial charge on any atom is 0.124 e. The molecule has 0 aromatic heterocycles. The summed E-state index contributed by atoms with van der Waals surface area (Å²) in [5.74, 6) is 1.88. The number of phenolic OH excluding ortho intramolecular Hbond substituents is 1. The standard InChI is InChI=1S/C29H28ClNO/c30-25-8-11-27(32)22(13-25)18-31-26-9-6-24(7-10-26)29-16-20-12-21(17-29)15-28(14-20,19-29)23-4-2-1-3-5-23/h1-11,13,18,20-21,32H,12,14-17,19H2/t20-,21+,28?,29?. The lowest BCUT2D eigenvalue weighted by Gasteiger charge is -2.62. The van der Waals surface area contributed by atoms with Gasteiger partial charge in [-0.15, -0.1) is 0 Å². The minimum absolute atomic E-state index is 0.189. The Kier molecular flexibility index (Phi) is 4.69. The number of hydrogen-bond acceptors (Lipinski definition) is 2. The summed E-state index contributed by atoms with van der Waals surface area (Å²) in [7, 11) is 0. The molecular formula is C29H28ClNO. The zero-order valence-corrected chi connectivity index (χ0v) is 18.9. The Labute approximate surface area is 195 Å². The minimum Gasteiger partial charge on any atom is -0.507 e. The number of benzene rings is 3. The molecule has 2 unspecified atom stereocenters. The number of halogens is 1. The van der Waals surface area contributed by atoms with E-state index in [9.17, 15) is 5.11 Å². The van der Waals surface area contributed by atoms with Gasteiger partial charge in [0.25, 0.3) is 0 Å². The number of phenols is 1. The Morgan fingerprint density at radius 3 is 2.09 bits per heavy atom. The zero-order valence-electron chi connectivity index (χ0n) is 18.2. The Morgan fingerprint density at radius 1 is 0.812 bits per heavy atom. The fraction of sp³-hybridized carbons (Fsp3) is 0.345. The van der Waals surface area contributed by atoms with Crippen molar-refractivity contribution in [3.05, 3.63) is 94.5 Å². The quantitative estimate of drug-likeness (QED) is 0.415. The lowest BCUT2D eigenvalue weighted by molar-refractivity contribution is -0.0281. The maximum absolute atomic E-state index is 10.0. The van der Waals surface area contributed by atoms with E-state index in [0.29, 0.717) is 21.4 Å². The molecule has 3 aromatic carbocycles. The molecule has 4 bridgehead atoms. The van der Waals surface area contributed by atoms with Crippen LogP contribution in [0.25, 0.3) is 0 Å². The van der Waals surface area contributed by atoms with Crippen molar-refractivity contribution in [3.8, 4) is 5.75 Å². The van der Waals surface area contributed by atoms with Gasteiger partial charge in [-0.1, -0.05) is 54.1 Å². The van der Waals surface area contributed by atoms with Crippen LogP contribution in [0.1, 0.15) is 55.2 Å². The fourth-order valence-corrected chi connectivity index (χ4v) is 7.58. The first kappa shape index (κ1) is 20.1. The molecule has 4 fully saturated rings. The van der Waals surface area contributed by atoms with Gasteiger partial charge in [0.15, 0.2) is 0 Å². The molecule has 32 heavy (non-hydrogen) atoms. The molecule has 4 saturated carbocycles. The van der Waals surface area contributed by atoms with Gasteiger partial charge in [0.2, 0.25) is 0 Å². The molecule has 0 spiro atoms. The van der Waals surface area contributed by atoms with Crippen molar-refractivity contribution < 1.29 is 5.11 Å². The van der Waals surface area contributed by atoms with Gasteiger partial charge < -0.3 is 5.11 Å². The molecule has 0 saturated heterocycles. The Morgan fingerprint density at radius 2 is 1.44 bits per heavy atom. The number of nitrogens with zero attached hydrogens (tertiary/aromatic N) is 1. The van der Waals surface area contributed by atoms with E-state index in [1.165, 1.54) is 44.1 Å². The van der Waals surface area contributed by atoms with Crippen LogP contribution in [-0.4, -0.2) is 11.3 Å². The molecule has 0 radical (unpaired) electrons. The van der Waals surface area contributed by atoms with Crippen LogP contribution in [0.2, 0.25) is 5.02 Å². The zero-order chi connectivity index (χ0) is 21.8. The average Bonchev–Trinajstić information content (AvgIpc) is 2.80. The van der Waals surface area contributed by atoms with Crippen LogP contribution < -0.4 is 0 Å². The van der Waals surface area contributed by atoms with Gasteiger partial charge in [0.1, 0.15) is 5.75 Å². The van der Waals surface area contributed by atoms with Crippen LogP contribution in [-0.2, 0) is 10.8 Å². The molecule has 7 rings (SSSR count). The predicted molar refractivity (Wildman–Crippen MR) is 131 cm³/mol. The molecule has 3 heteroatoms. The van der Waals surface area contributed by atoms with Crippen LogP contribution in [0, 0.1) is 11.8 Å². The van der Waals surface area contributed by atoms with Gasteiger partial charge >= 0.3 is 0 Å². The summed E-state index contributed by atoms with van der Waals surface area (Å²) < 4.78 is 0. The van der Waals surface area contributed by atoms with Crippen molar-refractivity contribution in [1.82, 2.24) is 0 Å². The van der Waals surface area contributed by atoms with Crippen LogP contribution in [0.5, 0.6) is 5.75 Å². The Bertz CT molecular complexity index is 1150. The van der Waals surface area contributed by atoms with E-state index >= 15 is 0 Å². The maximum atomic E-state index is 10.0. The summed E-state index contributed by atoms with van der Waals surface area (Å²) in [6, 6.07) is 25.2. The third-order valence-electron chi connectivity index (χ3n) is 8.27. The SMILES string of the molecule is Oc1ccc(Cl)cc1C=Nc1ccc(C23C[C@@H]4C[C@@H](CC(c5ccccc5)(C4)C2)C3)cc1. The largest absolute Gasteiger partial charge is 0.507 e. The summed E-state index contributed by atoms with van der Waals surface area (Å²) in [6.45, 7) is 0. The van der Waals surface area contributed by atoms with Gasteiger partial charge in [-0.05, 0) is 103 Å². The second-order valence-electron chi connectivity index (χ2n) is 10.4. The molecule has 0 aliphatic heterocycles. The molecule has 2 nitrogen and oxygen atoms in total. The van der Waals surface area contributed by atoms with Crippen molar-refractivity contribution in [1.29, 1.82) is 0 Å². The normalized spacial score (nSPS) is 30.8. The van der Waals surface area contributed by atoms with E-state index in [1.54, 1.807) is 30.0 Å². The van der Waals surface area contributed by atoms with Crippen molar-refractivity contribution >= 4 is 23.5 Å². The molecular weight excluding hydrogens is 414 g/mol. The summed E-state index contributed by atoms with van der Waals surface area (Å²) in [5, 5.41) is 10.6. The average molecular weight is 442 g/mol. The second kappa shape index (κ2) is 7.49. The first-order valence-corrected chi connectivity index (χ1v) is 12.1. The molecule has 162 valence electrons. The van der Waals surface area contributed by atoms with Crippen LogP contribution >= 0.6 is 11.6 Å². The summed E-state index contributed by atoms with van der Waals surface area (Å²) in [6.07, 6.45) is 9.76. The number of rotatable bonds is 4. The lowest BCUT2D eigenvalue weighted by atomic mass is 9.42. The highest BCUT2D eigenvalue weighted by molar-refractivity contribution is 6.30. The van der Waals surface area contributed by atoms with Gasteiger partial charge in [0, 0.05) is 16.8 Å². The highest BCUT2D eigenvalue weighted by Gasteiger charge is 2.58. The molecule has 1 N–H and O–H groups in total. The fourth-order valence-electron chi connectivity index (χ4n) is 7.40. The summed E-state index contributed by atoms with van der Waals surface area (Å²) in [4.78, 5) is 4.58.